The number of hydrogen-bond acceptors (Lipinski definition) is 5. The number of rotatable bonds is 10. The quantitative estimate of drug-likeness (QED) is 0.273. The summed E-state index contributed by atoms with van der Waals surface area (Å²) in [6.07, 6.45) is 4.58. The average Bonchev–Trinajstić information content (AvgIpc) is 2.93. The molecule has 0 aliphatic heterocycles. The van der Waals surface area contributed by atoms with Gasteiger partial charge in [-0.2, -0.15) is 0 Å². The Hall–Kier alpha value is -4.20. The van der Waals surface area contributed by atoms with Crippen LogP contribution in [0.5, 0.6) is 0 Å². The van der Waals surface area contributed by atoms with Crippen molar-refractivity contribution < 1.29 is 19.8 Å². The van der Waals surface area contributed by atoms with Gasteiger partial charge in [0.25, 0.3) is 0 Å². The number of amides is 1. The number of primary amides is 1. The van der Waals surface area contributed by atoms with Crippen molar-refractivity contribution in [2.75, 3.05) is 6.61 Å². The highest BCUT2D eigenvalue weighted by molar-refractivity contribution is 5.90. The Balaban J connectivity index is 1.82. The van der Waals surface area contributed by atoms with Crippen LogP contribution in [-0.2, 0) is 15.1 Å². The van der Waals surface area contributed by atoms with Gasteiger partial charge in [-0.25, -0.2) is 0 Å². The van der Waals surface area contributed by atoms with Gasteiger partial charge in [0.05, 0.1) is 13.0 Å². The molecular weight excluding hydrogens is 466 g/mol. The van der Waals surface area contributed by atoms with Gasteiger partial charge in [-0.1, -0.05) is 103 Å². The van der Waals surface area contributed by atoms with Crippen LogP contribution in [0.1, 0.15) is 29.5 Å². The van der Waals surface area contributed by atoms with Crippen molar-refractivity contribution in [3.8, 4) is 0 Å². The van der Waals surface area contributed by atoms with Crippen LogP contribution in [0.15, 0.2) is 115 Å². The molecule has 0 spiro atoms. The lowest BCUT2D eigenvalue weighted by atomic mass is 9.64. The van der Waals surface area contributed by atoms with Crippen LogP contribution in [0, 0.1) is 5.41 Å². The van der Waals surface area contributed by atoms with Gasteiger partial charge in [0.1, 0.15) is 11.1 Å². The number of carboxylic acids is 1. The molecule has 1 aliphatic rings. The van der Waals surface area contributed by atoms with Crippen molar-refractivity contribution in [1.29, 1.82) is 0 Å². The summed E-state index contributed by atoms with van der Waals surface area (Å²) in [6.45, 7) is -0.540. The molecule has 0 radical (unpaired) electrons. The van der Waals surface area contributed by atoms with E-state index in [0.717, 1.165) is 22.4 Å². The third-order valence-electron chi connectivity index (χ3n) is 7.26. The number of allylic oxidation sites excluding steroid dienone is 2. The second-order valence-corrected chi connectivity index (χ2v) is 9.39. The highest BCUT2D eigenvalue weighted by atomic mass is 16.4. The lowest BCUT2D eigenvalue weighted by Gasteiger charge is -2.44. The number of carbonyl (C=O) groups excluding carboxylic acids is 1. The van der Waals surface area contributed by atoms with E-state index < -0.39 is 41.4 Å². The molecule has 7 N–H and O–H groups in total. The van der Waals surface area contributed by atoms with Gasteiger partial charge in [0, 0.05) is 11.1 Å². The van der Waals surface area contributed by atoms with Crippen LogP contribution in [0.3, 0.4) is 0 Å². The maximum absolute atomic E-state index is 12.3. The molecule has 7 heteroatoms. The summed E-state index contributed by atoms with van der Waals surface area (Å²) >= 11 is 0. The van der Waals surface area contributed by atoms with Crippen LogP contribution in [0.2, 0.25) is 0 Å². The van der Waals surface area contributed by atoms with E-state index in [1.165, 1.54) is 0 Å². The third kappa shape index (κ3) is 4.67. The lowest BCUT2D eigenvalue weighted by Crippen LogP contribution is -2.65. The number of aliphatic carboxylic acids is 1. The number of aliphatic hydroxyl groups is 1. The molecule has 3 aromatic rings. The minimum absolute atomic E-state index is 0.115. The zero-order valence-electron chi connectivity index (χ0n) is 20.4. The predicted octanol–water partition coefficient (Wildman–Crippen LogP) is 3.05. The smallest absolute Gasteiger partial charge is 0.305 e. The minimum atomic E-state index is -1.97. The normalized spacial score (nSPS) is 18.9. The fraction of sp³-hybridized carbons (Fsp3) is 0.200. The van der Waals surface area contributed by atoms with E-state index in [2.05, 4.69) is 41.7 Å². The topological polar surface area (TPSA) is 139 Å². The Morgan fingerprint density at radius 2 is 1.32 bits per heavy atom. The molecule has 0 fully saturated rings. The molecular formula is C30H31N3O4. The standard InChI is InChI=1S/C30H31N3O4/c31-27(37)29(32,20-26(35)36)28(21-34)18-16-25(17-19-28)33-30(22-10-4-1-5-11-22,23-12-6-2-7-13-23)24-14-8-3-9-15-24/h1-18,33-34H,19-21,32H2,(H2,31,37)(H,35,36). The second-order valence-electron chi connectivity index (χ2n) is 9.39. The van der Waals surface area contributed by atoms with E-state index in [9.17, 15) is 19.8 Å². The number of carboxylic acid groups (broad SMARTS) is 1. The van der Waals surface area contributed by atoms with Crippen molar-refractivity contribution in [3.63, 3.8) is 0 Å². The van der Waals surface area contributed by atoms with Gasteiger partial charge in [0.15, 0.2) is 0 Å². The van der Waals surface area contributed by atoms with Crippen LogP contribution >= 0.6 is 0 Å². The zero-order valence-corrected chi connectivity index (χ0v) is 20.4. The molecule has 1 aliphatic carbocycles. The first kappa shape index (κ1) is 25.9. The van der Waals surface area contributed by atoms with Gasteiger partial charge >= 0.3 is 5.97 Å². The van der Waals surface area contributed by atoms with Crippen LogP contribution in [0.25, 0.3) is 0 Å². The molecule has 37 heavy (non-hydrogen) atoms. The number of hydrogen-bond donors (Lipinski definition) is 5. The summed E-state index contributed by atoms with van der Waals surface area (Å²) in [6, 6.07) is 30.2. The number of carbonyl (C=O) groups is 2. The molecule has 0 heterocycles. The van der Waals surface area contributed by atoms with Crippen LogP contribution < -0.4 is 16.8 Å². The number of aliphatic hydroxyl groups excluding tert-OH is 1. The van der Waals surface area contributed by atoms with Crippen molar-refractivity contribution in [2.45, 2.75) is 23.9 Å². The summed E-state index contributed by atoms with van der Waals surface area (Å²) < 4.78 is 0. The van der Waals surface area contributed by atoms with Crippen LogP contribution in [0.4, 0.5) is 0 Å². The van der Waals surface area contributed by atoms with Gasteiger partial charge in [0.2, 0.25) is 5.91 Å². The molecule has 4 rings (SSSR count). The molecule has 7 nitrogen and oxygen atoms in total. The largest absolute Gasteiger partial charge is 0.481 e. The Morgan fingerprint density at radius 3 is 1.65 bits per heavy atom. The fourth-order valence-electron chi connectivity index (χ4n) is 5.10. The number of benzene rings is 3. The maximum Gasteiger partial charge on any atom is 0.305 e. The molecule has 0 saturated carbocycles. The minimum Gasteiger partial charge on any atom is -0.481 e. The Bertz CT molecular complexity index is 1210. The summed E-state index contributed by atoms with van der Waals surface area (Å²) in [5, 5.41) is 23.4. The second kappa shape index (κ2) is 10.4. The third-order valence-corrected chi connectivity index (χ3v) is 7.26. The molecule has 190 valence electrons. The lowest BCUT2D eigenvalue weighted by molar-refractivity contribution is -0.144. The average molecular weight is 498 g/mol. The summed E-state index contributed by atoms with van der Waals surface area (Å²) in [5.74, 6) is -2.25. The van der Waals surface area contributed by atoms with Gasteiger partial charge in [-0.05, 0) is 29.2 Å². The van der Waals surface area contributed by atoms with Gasteiger partial charge in [-0.3, -0.25) is 9.59 Å². The van der Waals surface area contributed by atoms with Gasteiger partial charge in [-0.15, -0.1) is 0 Å². The Labute approximate surface area is 216 Å². The molecule has 1 amide bonds. The summed E-state index contributed by atoms with van der Waals surface area (Å²) in [4.78, 5) is 23.9. The van der Waals surface area contributed by atoms with Crippen molar-refractivity contribution in [1.82, 2.24) is 5.32 Å². The highest BCUT2D eigenvalue weighted by Crippen LogP contribution is 2.42. The fourth-order valence-corrected chi connectivity index (χ4v) is 5.10. The molecule has 2 atom stereocenters. The van der Waals surface area contributed by atoms with E-state index in [1.807, 2.05) is 60.7 Å². The summed E-state index contributed by atoms with van der Waals surface area (Å²) in [5.41, 5.74) is 11.5. The van der Waals surface area contributed by atoms with E-state index in [4.69, 9.17) is 11.5 Å². The van der Waals surface area contributed by atoms with E-state index in [1.54, 1.807) is 12.2 Å². The monoisotopic (exact) mass is 497 g/mol. The Kier molecular flexibility index (Phi) is 7.29. The van der Waals surface area contributed by atoms with Crippen molar-refractivity contribution in [2.24, 2.45) is 16.9 Å². The SMILES string of the molecule is NC(=O)C(N)(CC(=O)O)C1(CO)C=CC(NC(c2ccccc2)(c2ccccc2)c2ccccc2)=CC1. The summed E-state index contributed by atoms with van der Waals surface area (Å²) in [7, 11) is 0. The Morgan fingerprint density at radius 1 is 0.865 bits per heavy atom. The first-order chi connectivity index (χ1) is 17.8. The zero-order chi connectivity index (χ0) is 26.5. The first-order valence-corrected chi connectivity index (χ1v) is 12.0. The van der Waals surface area contributed by atoms with Crippen molar-refractivity contribution in [3.05, 3.63) is 132 Å². The molecule has 0 aromatic heterocycles. The molecule has 0 bridgehead atoms. The first-order valence-electron chi connectivity index (χ1n) is 12.0. The van der Waals surface area contributed by atoms with E-state index >= 15 is 0 Å². The van der Waals surface area contributed by atoms with Crippen LogP contribution in [-0.4, -0.2) is 34.2 Å². The number of nitrogens with two attached hydrogens (primary N) is 2. The van der Waals surface area contributed by atoms with Crippen molar-refractivity contribution >= 4 is 11.9 Å². The van der Waals surface area contributed by atoms with E-state index in [0.29, 0.717) is 0 Å². The number of nitrogens with one attached hydrogen (secondary N) is 1. The molecule has 0 saturated heterocycles. The molecule has 3 aromatic carbocycles. The highest BCUT2D eigenvalue weighted by Gasteiger charge is 2.53. The maximum atomic E-state index is 12.3. The van der Waals surface area contributed by atoms with Gasteiger partial charge < -0.3 is 27.0 Å². The van der Waals surface area contributed by atoms with E-state index in [-0.39, 0.29) is 6.42 Å². The molecule has 2 unspecified atom stereocenters. The predicted molar refractivity (Wildman–Crippen MR) is 142 cm³/mol.